The lowest BCUT2D eigenvalue weighted by Gasteiger charge is -2.59. The van der Waals surface area contributed by atoms with Crippen LogP contribution in [-0.2, 0) is 6.54 Å². The van der Waals surface area contributed by atoms with Gasteiger partial charge in [0.2, 0.25) is 0 Å². The largest absolute Gasteiger partial charge is 0.460 e. The van der Waals surface area contributed by atoms with Gasteiger partial charge in [-0.15, -0.1) is 0 Å². The zero-order valence-corrected chi connectivity index (χ0v) is 15.2. The summed E-state index contributed by atoms with van der Waals surface area (Å²) < 4.78 is 6.08. The van der Waals surface area contributed by atoms with Gasteiger partial charge in [-0.3, -0.25) is 0 Å². The highest BCUT2D eigenvalue weighted by molar-refractivity contribution is 5.57. The van der Waals surface area contributed by atoms with E-state index in [0.29, 0.717) is 11.5 Å². The van der Waals surface area contributed by atoms with Gasteiger partial charge < -0.3 is 9.73 Å². The molecule has 4 aliphatic rings. The summed E-state index contributed by atoms with van der Waals surface area (Å²) in [6, 6.07) is 15.2. The van der Waals surface area contributed by atoms with Gasteiger partial charge in [0.1, 0.15) is 11.5 Å². The van der Waals surface area contributed by atoms with Gasteiger partial charge >= 0.3 is 0 Å². The molecule has 1 N–H and O–H groups in total. The highest BCUT2D eigenvalue weighted by atomic mass is 16.3. The zero-order valence-electron chi connectivity index (χ0n) is 15.2. The standard InChI is InChI=1S/C23H29NO/c1-16(23-12-17-9-18(13-23)11-19(10-17)14-23)24-15-21-7-8-22(25-21)20-5-3-2-4-6-20/h2-8,16-19,24H,9-15H2,1H3/t16-,17?,18?,19?,23?/m1/s1. The Labute approximate surface area is 151 Å². The molecule has 1 atom stereocenters. The van der Waals surface area contributed by atoms with E-state index in [4.69, 9.17) is 4.42 Å². The monoisotopic (exact) mass is 335 g/mol. The molecule has 2 nitrogen and oxygen atoms in total. The molecule has 25 heavy (non-hydrogen) atoms. The summed E-state index contributed by atoms with van der Waals surface area (Å²) in [5.41, 5.74) is 1.71. The summed E-state index contributed by atoms with van der Waals surface area (Å²) in [4.78, 5) is 0. The fraction of sp³-hybridized carbons (Fsp3) is 0.565. The molecular weight excluding hydrogens is 306 g/mol. The van der Waals surface area contributed by atoms with Crippen LogP contribution in [0.15, 0.2) is 46.9 Å². The molecule has 2 aromatic rings. The van der Waals surface area contributed by atoms with Crippen LogP contribution in [0, 0.1) is 23.2 Å². The Morgan fingerprint density at radius 3 is 2.24 bits per heavy atom. The van der Waals surface area contributed by atoms with Gasteiger partial charge in [0.05, 0.1) is 6.54 Å². The van der Waals surface area contributed by atoms with Crippen molar-refractivity contribution in [1.29, 1.82) is 0 Å². The van der Waals surface area contributed by atoms with E-state index in [1.807, 2.05) is 6.07 Å². The van der Waals surface area contributed by atoms with Crippen molar-refractivity contribution in [2.45, 2.75) is 58.0 Å². The lowest BCUT2D eigenvalue weighted by Crippen LogP contribution is -2.54. The van der Waals surface area contributed by atoms with Crippen molar-refractivity contribution in [3.63, 3.8) is 0 Å². The minimum atomic E-state index is 0.559. The van der Waals surface area contributed by atoms with E-state index >= 15 is 0 Å². The van der Waals surface area contributed by atoms with Crippen molar-refractivity contribution in [3.8, 4) is 11.3 Å². The Morgan fingerprint density at radius 1 is 0.960 bits per heavy atom. The molecule has 4 bridgehead atoms. The molecule has 0 saturated heterocycles. The summed E-state index contributed by atoms with van der Waals surface area (Å²) >= 11 is 0. The number of hydrogen-bond donors (Lipinski definition) is 1. The number of furan rings is 1. The number of benzene rings is 1. The lowest BCUT2D eigenvalue weighted by atomic mass is 9.48. The Morgan fingerprint density at radius 2 is 1.60 bits per heavy atom. The van der Waals surface area contributed by atoms with Crippen LogP contribution in [0.1, 0.15) is 51.2 Å². The van der Waals surface area contributed by atoms with Crippen molar-refractivity contribution in [2.75, 3.05) is 0 Å². The molecule has 6 rings (SSSR count). The summed E-state index contributed by atoms with van der Waals surface area (Å²) in [5.74, 6) is 5.08. The number of nitrogens with one attached hydrogen (secondary N) is 1. The summed E-state index contributed by atoms with van der Waals surface area (Å²) in [6.45, 7) is 3.27. The Bertz CT molecular complexity index is 696. The second-order valence-corrected chi connectivity index (χ2v) is 9.01. The highest BCUT2D eigenvalue weighted by Gasteiger charge is 2.52. The minimum Gasteiger partial charge on any atom is -0.460 e. The average molecular weight is 335 g/mol. The molecule has 4 saturated carbocycles. The Kier molecular flexibility index (Phi) is 3.78. The van der Waals surface area contributed by atoms with Crippen molar-refractivity contribution in [3.05, 3.63) is 48.2 Å². The number of rotatable bonds is 5. The van der Waals surface area contributed by atoms with Gasteiger partial charge in [-0.2, -0.15) is 0 Å². The SMILES string of the molecule is C[C@@H](NCc1ccc(-c2ccccc2)o1)C12CC3CC(CC(C3)C1)C2. The molecule has 4 aliphatic carbocycles. The summed E-state index contributed by atoms with van der Waals surface area (Å²) in [6.07, 6.45) is 8.93. The predicted molar refractivity (Wildman–Crippen MR) is 101 cm³/mol. The first-order chi connectivity index (χ1) is 12.2. The van der Waals surface area contributed by atoms with Gasteiger partial charge in [0.15, 0.2) is 0 Å². The van der Waals surface area contributed by atoms with Gasteiger partial charge in [0, 0.05) is 11.6 Å². The molecule has 4 fully saturated rings. The van der Waals surface area contributed by atoms with Crippen LogP contribution >= 0.6 is 0 Å². The van der Waals surface area contributed by atoms with Crippen LogP contribution in [0.4, 0.5) is 0 Å². The third kappa shape index (κ3) is 2.85. The van der Waals surface area contributed by atoms with E-state index in [9.17, 15) is 0 Å². The van der Waals surface area contributed by atoms with Crippen LogP contribution in [-0.4, -0.2) is 6.04 Å². The minimum absolute atomic E-state index is 0.559. The van der Waals surface area contributed by atoms with Crippen molar-refractivity contribution in [2.24, 2.45) is 23.2 Å². The van der Waals surface area contributed by atoms with E-state index in [0.717, 1.165) is 41.4 Å². The van der Waals surface area contributed by atoms with E-state index in [2.05, 4.69) is 48.6 Å². The molecule has 1 aromatic heterocycles. The molecule has 0 radical (unpaired) electrons. The summed E-state index contributed by atoms with van der Waals surface area (Å²) in [5, 5.41) is 3.83. The molecule has 0 unspecified atom stereocenters. The van der Waals surface area contributed by atoms with E-state index in [1.165, 1.54) is 38.5 Å². The van der Waals surface area contributed by atoms with E-state index < -0.39 is 0 Å². The van der Waals surface area contributed by atoms with E-state index in [-0.39, 0.29) is 0 Å². The molecular formula is C23H29NO. The molecule has 2 heteroatoms. The van der Waals surface area contributed by atoms with Crippen LogP contribution < -0.4 is 5.32 Å². The lowest BCUT2D eigenvalue weighted by molar-refractivity contribution is -0.0708. The molecule has 1 aromatic carbocycles. The molecule has 0 spiro atoms. The van der Waals surface area contributed by atoms with Crippen LogP contribution in [0.25, 0.3) is 11.3 Å². The quantitative estimate of drug-likeness (QED) is 0.765. The maximum Gasteiger partial charge on any atom is 0.134 e. The first-order valence-corrected chi connectivity index (χ1v) is 10.1. The molecule has 132 valence electrons. The smallest absolute Gasteiger partial charge is 0.134 e. The van der Waals surface area contributed by atoms with Gasteiger partial charge in [0.25, 0.3) is 0 Å². The second-order valence-electron chi connectivity index (χ2n) is 9.01. The fourth-order valence-corrected chi connectivity index (χ4v) is 6.41. The highest BCUT2D eigenvalue weighted by Crippen LogP contribution is 2.61. The molecule has 0 amide bonds. The first kappa shape index (κ1) is 15.7. The second kappa shape index (κ2) is 6.02. The predicted octanol–water partition coefficient (Wildman–Crippen LogP) is 5.64. The maximum atomic E-state index is 6.08. The van der Waals surface area contributed by atoms with Crippen molar-refractivity contribution in [1.82, 2.24) is 5.32 Å². The Balaban J connectivity index is 1.25. The molecule has 1 heterocycles. The normalized spacial score (nSPS) is 34.4. The van der Waals surface area contributed by atoms with Crippen LogP contribution in [0.5, 0.6) is 0 Å². The average Bonchev–Trinajstić information content (AvgIpc) is 3.08. The maximum absolute atomic E-state index is 6.08. The van der Waals surface area contributed by atoms with Crippen molar-refractivity contribution < 1.29 is 4.42 Å². The van der Waals surface area contributed by atoms with Gasteiger partial charge in [-0.1, -0.05) is 30.3 Å². The summed E-state index contributed by atoms with van der Waals surface area (Å²) in [7, 11) is 0. The first-order valence-electron chi connectivity index (χ1n) is 10.1. The van der Waals surface area contributed by atoms with Gasteiger partial charge in [-0.25, -0.2) is 0 Å². The third-order valence-electron chi connectivity index (χ3n) is 7.31. The number of hydrogen-bond acceptors (Lipinski definition) is 2. The Hall–Kier alpha value is -1.54. The topological polar surface area (TPSA) is 25.2 Å². The van der Waals surface area contributed by atoms with Gasteiger partial charge in [-0.05, 0) is 80.8 Å². The fourth-order valence-electron chi connectivity index (χ4n) is 6.41. The third-order valence-corrected chi connectivity index (χ3v) is 7.31. The van der Waals surface area contributed by atoms with Crippen LogP contribution in [0.2, 0.25) is 0 Å². The van der Waals surface area contributed by atoms with Crippen molar-refractivity contribution >= 4 is 0 Å². The zero-order chi connectivity index (χ0) is 16.9. The van der Waals surface area contributed by atoms with E-state index in [1.54, 1.807) is 0 Å². The molecule has 0 aliphatic heterocycles. The van der Waals surface area contributed by atoms with Crippen LogP contribution in [0.3, 0.4) is 0 Å².